The largest absolute Gasteiger partial charge is 0.320 e. The molecule has 0 aliphatic heterocycles. The van der Waals surface area contributed by atoms with Gasteiger partial charge in [0.2, 0.25) is 0 Å². The van der Waals surface area contributed by atoms with E-state index < -0.39 is 0 Å². The van der Waals surface area contributed by atoms with Crippen LogP contribution in [0.4, 0.5) is 0 Å². The molecule has 4 rings (SSSR count). The second kappa shape index (κ2) is 5.40. The van der Waals surface area contributed by atoms with Gasteiger partial charge >= 0.3 is 0 Å². The Morgan fingerprint density at radius 1 is 1.17 bits per heavy atom. The van der Waals surface area contributed by atoms with E-state index in [0.717, 1.165) is 28.7 Å². The summed E-state index contributed by atoms with van der Waals surface area (Å²) in [6, 6.07) is 11.0. The van der Waals surface area contributed by atoms with E-state index in [1.54, 1.807) is 0 Å². The minimum absolute atomic E-state index is 0.0820. The van der Waals surface area contributed by atoms with Gasteiger partial charge in [-0.15, -0.1) is 0 Å². The van der Waals surface area contributed by atoms with E-state index in [0.29, 0.717) is 5.92 Å². The van der Waals surface area contributed by atoms with Gasteiger partial charge in [0.15, 0.2) is 0 Å². The number of halogens is 1. The Bertz CT molecular complexity index is 772. The maximum absolute atomic E-state index is 6.50. The highest BCUT2D eigenvalue weighted by atomic mass is 79.9. The summed E-state index contributed by atoms with van der Waals surface area (Å²) < 4.78 is 1.14. The topological polar surface area (TPSA) is 38.9 Å². The summed E-state index contributed by atoms with van der Waals surface area (Å²) in [6.45, 7) is 6.77. The molecule has 0 saturated heterocycles. The highest BCUT2D eigenvalue weighted by Gasteiger charge is 2.42. The zero-order valence-electron chi connectivity index (χ0n) is 14.7. The summed E-state index contributed by atoms with van der Waals surface area (Å²) in [5, 5.41) is 0. The molecule has 1 heterocycles. The number of pyridine rings is 1. The second-order valence-electron chi connectivity index (χ2n) is 8.51. The third-order valence-corrected chi connectivity index (χ3v) is 5.97. The highest BCUT2D eigenvalue weighted by Crippen LogP contribution is 2.48. The molecule has 1 aromatic heterocycles. The molecule has 3 heteroatoms. The average Bonchev–Trinajstić information content (AvgIpc) is 3.41. The van der Waals surface area contributed by atoms with Crippen LogP contribution < -0.4 is 5.73 Å². The predicted octanol–water partition coefficient (Wildman–Crippen LogP) is 5.63. The Balaban J connectivity index is 1.93. The second-order valence-corrected chi connectivity index (χ2v) is 9.37. The predicted molar refractivity (Wildman–Crippen MR) is 103 cm³/mol. The molecule has 24 heavy (non-hydrogen) atoms. The summed E-state index contributed by atoms with van der Waals surface area (Å²) in [4.78, 5) is 5.03. The van der Waals surface area contributed by atoms with Gasteiger partial charge in [0.1, 0.15) is 0 Å². The molecule has 2 fully saturated rings. The first kappa shape index (κ1) is 16.3. The number of benzene rings is 1. The van der Waals surface area contributed by atoms with Crippen molar-refractivity contribution in [1.82, 2.24) is 4.98 Å². The lowest BCUT2D eigenvalue weighted by Crippen LogP contribution is -2.22. The number of hydrogen-bond acceptors (Lipinski definition) is 2. The first-order valence-corrected chi connectivity index (χ1v) is 9.68. The van der Waals surface area contributed by atoms with Crippen LogP contribution in [-0.4, -0.2) is 4.98 Å². The van der Waals surface area contributed by atoms with Crippen LogP contribution in [0.5, 0.6) is 0 Å². The van der Waals surface area contributed by atoms with E-state index in [1.807, 2.05) is 0 Å². The number of aromatic nitrogens is 1. The fourth-order valence-corrected chi connectivity index (χ4v) is 3.87. The average molecular weight is 385 g/mol. The summed E-state index contributed by atoms with van der Waals surface area (Å²) in [6.07, 6.45) is 4.66. The molecule has 2 nitrogen and oxygen atoms in total. The Hall–Kier alpha value is -1.19. The van der Waals surface area contributed by atoms with Crippen molar-refractivity contribution >= 4 is 15.9 Å². The third kappa shape index (κ3) is 2.93. The molecule has 0 radical (unpaired) electrons. The maximum atomic E-state index is 6.50. The van der Waals surface area contributed by atoms with Crippen LogP contribution in [0.15, 0.2) is 34.8 Å². The summed E-state index contributed by atoms with van der Waals surface area (Å²) in [7, 11) is 0. The standard InChI is InChI=1S/C21H25BrN2/c1-20(2,3)14-11-17(24-18(12-14)21(23)9-10-21)19-15(13-7-8-13)5-4-6-16(19)22/h4-6,11-13H,7-10,23H2,1-3H3. The monoisotopic (exact) mass is 384 g/mol. The minimum atomic E-state index is -0.211. The molecule has 2 aromatic rings. The molecule has 1 aromatic carbocycles. The van der Waals surface area contributed by atoms with Gasteiger partial charge in [-0.2, -0.15) is 0 Å². The molecule has 2 aliphatic carbocycles. The molecule has 2 aliphatic rings. The molecule has 0 atom stereocenters. The van der Waals surface area contributed by atoms with Gasteiger partial charge in [0.25, 0.3) is 0 Å². The van der Waals surface area contributed by atoms with Crippen molar-refractivity contribution in [3.05, 3.63) is 51.6 Å². The molecule has 0 unspecified atom stereocenters. The summed E-state index contributed by atoms with van der Waals surface area (Å²) in [5.41, 5.74) is 12.5. The van der Waals surface area contributed by atoms with Crippen LogP contribution in [0.3, 0.4) is 0 Å². The Morgan fingerprint density at radius 2 is 1.88 bits per heavy atom. The Morgan fingerprint density at radius 3 is 2.46 bits per heavy atom. The van der Waals surface area contributed by atoms with Crippen LogP contribution in [0, 0.1) is 0 Å². The molecule has 0 amide bonds. The molecule has 2 N–H and O–H groups in total. The number of nitrogens with two attached hydrogens (primary N) is 1. The number of nitrogens with zero attached hydrogens (tertiary/aromatic N) is 1. The van der Waals surface area contributed by atoms with Gasteiger partial charge in [-0.25, -0.2) is 0 Å². The lowest BCUT2D eigenvalue weighted by molar-refractivity contribution is 0.584. The Kier molecular flexibility index (Phi) is 3.67. The van der Waals surface area contributed by atoms with Crippen molar-refractivity contribution in [1.29, 1.82) is 0 Å². The van der Waals surface area contributed by atoms with Crippen LogP contribution in [0.2, 0.25) is 0 Å². The fourth-order valence-electron chi connectivity index (χ4n) is 3.28. The lowest BCUT2D eigenvalue weighted by atomic mass is 9.85. The normalized spacial score (nSPS) is 19.4. The van der Waals surface area contributed by atoms with Gasteiger partial charge in [0, 0.05) is 10.0 Å². The van der Waals surface area contributed by atoms with Gasteiger partial charge < -0.3 is 5.73 Å². The van der Waals surface area contributed by atoms with Crippen molar-refractivity contribution in [3.63, 3.8) is 0 Å². The van der Waals surface area contributed by atoms with Gasteiger partial charge in [0.05, 0.1) is 16.9 Å². The SMILES string of the molecule is CC(C)(C)c1cc(-c2c(Br)cccc2C2CC2)nc(C2(N)CC2)c1. The Labute approximate surface area is 153 Å². The van der Waals surface area contributed by atoms with Gasteiger partial charge in [-0.05, 0) is 66.3 Å². The maximum Gasteiger partial charge on any atom is 0.0723 e. The number of rotatable bonds is 3. The van der Waals surface area contributed by atoms with Gasteiger partial charge in [-0.3, -0.25) is 4.98 Å². The zero-order valence-corrected chi connectivity index (χ0v) is 16.3. The number of hydrogen-bond donors (Lipinski definition) is 1. The third-order valence-electron chi connectivity index (χ3n) is 5.31. The molecule has 126 valence electrons. The molecular weight excluding hydrogens is 360 g/mol. The van der Waals surface area contributed by atoms with Crippen LogP contribution in [0.1, 0.15) is 69.2 Å². The van der Waals surface area contributed by atoms with Crippen molar-refractivity contribution in [3.8, 4) is 11.3 Å². The van der Waals surface area contributed by atoms with E-state index in [1.165, 1.54) is 29.5 Å². The van der Waals surface area contributed by atoms with E-state index in [-0.39, 0.29) is 11.0 Å². The smallest absolute Gasteiger partial charge is 0.0723 e. The van der Waals surface area contributed by atoms with E-state index in [2.05, 4.69) is 67.0 Å². The minimum Gasteiger partial charge on any atom is -0.320 e. The highest BCUT2D eigenvalue weighted by molar-refractivity contribution is 9.10. The summed E-state index contributed by atoms with van der Waals surface area (Å²) in [5.74, 6) is 0.689. The lowest BCUT2D eigenvalue weighted by Gasteiger charge is -2.23. The zero-order chi connectivity index (χ0) is 17.1. The molecule has 0 bridgehead atoms. The quantitative estimate of drug-likeness (QED) is 0.743. The first-order chi connectivity index (χ1) is 11.3. The van der Waals surface area contributed by atoms with E-state index in [4.69, 9.17) is 10.7 Å². The van der Waals surface area contributed by atoms with Crippen molar-refractivity contribution in [2.45, 2.75) is 63.3 Å². The first-order valence-electron chi connectivity index (χ1n) is 8.89. The van der Waals surface area contributed by atoms with Crippen LogP contribution in [0.25, 0.3) is 11.3 Å². The van der Waals surface area contributed by atoms with Crippen molar-refractivity contribution < 1.29 is 0 Å². The van der Waals surface area contributed by atoms with Crippen LogP contribution >= 0.6 is 15.9 Å². The fraction of sp³-hybridized carbons (Fsp3) is 0.476. The molecule has 0 spiro atoms. The van der Waals surface area contributed by atoms with Crippen molar-refractivity contribution in [2.75, 3.05) is 0 Å². The molecular formula is C21H25BrN2. The molecule has 2 saturated carbocycles. The van der Waals surface area contributed by atoms with E-state index in [9.17, 15) is 0 Å². The van der Waals surface area contributed by atoms with E-state index >= 15 is 0 Å². The summed E-state index contributed by atoms with van der Waals surface area (Å²) >= 11 is 3.77. The van der Waals surface area contributed by atoms with Crippen LogP contribution in [-0.2, 0) is 11.0 Å². The van der Waals surface area contributed by atoms with Crippen molar-refractivity contribution in [2.24, 2.45) is 5.73 Å². The van der Waals surface area contributed by atoms with Gasteiger partial charge in [-0.1, -0.05) is 48.8 Å².